The minimum atomic E-state index is -0.0928. The second-order valence-electron chi connectivity index (χ2n) is 5.12. The van der Waals surface area contributed by atoms with Gasteiger partial charge in [-0.2, -0.15) is 0 Å². The summed E-state index contributed by atoms with van der Waals surface area (Å²) in [7, 11) is 0. The van der Waals surface area contributed by atoms with Gasteiger partial charge in [-0.15, -0.1) is 0 Å². The van der Waals surface area contributed by atoms with Crippen molar-refractivity contribution in [2.45, 2.75) is 57.5 Å². The number of ether oxygens (including phenoxy) is 2. The lowest BCUT2D eigenvalue weighted by atomic mass is 9.91. The van der Waals surface area contributed by atoms with E-state index in [4.69, 9.17) is 9.47 Å². The minimum Gasteiger partial charge on any atom is -0.394 e. The Balaban J connectivity index is 2.09. The molecular weight excluding hydrogens is 230 g/mol. The van der Waals surface area contributed by atoms with Crippen molar-refractivity contribution in [1.29, 1.82) is 0 Å². The third-order valence-electron chi connectivity index (χ3n) is 3.59. The molecule has 1 aliphatic rings. The Morgan fingerprint density at radius 1 is 1.17 bits per heavy atom. The molecule has 2 N–H and O–H groups in total. The van der Waals surface area contributed by atoms with E-state index in [1.807, 2.05) is 6.92 Å². The molecular formula is C14H29NO3. The monoisotopic (exact) mass is 259 g/mol. The highest BCUT2D eigenvalue weighted by molar-refractivity contribution is 4.94. The Labute approximate surface area is 111 Å². The zero-order chi connectivity index (χ0) is 13.3. The Kier molecular flexibility index (Phi) is 7.82. The third kappa shape index (κ3) is 6.14. The molecule has 0 aromatic heterocycles. The molecule has 0 spiro atoms. The maximum Gasteiger partial charge on any atom is 0.0700 e. The van der Waals surface area contributed by atoms with Gasteiger partial charge >= 0.3 is 0 Å². The third-order valence-corrected chi connectivity index (χ3v) is 3.59. The standard InChI is InChI=1S/C14H29NO3/c1-3-14(12-16,15-13-6-7-13)8-5-9-18-11-10-17-4-2/h13,15-16H,3-12H2,1-2H3. The molecule has 1 fully saturated rings. The van der Waals surface area contributed by atoms with Crippen LogP contribution in [0.25, 0.3) is 0 Å². The lowest BCUT2D eigenvalue weighted by Crippen LogP contribution is -2.49. The molecule has 0 heterocycles. The van der Waals surface area contributed by atoms with Gasteiger partial charge in [0.2, 0.25) is 0 Å². The first-order valence-corrected chi connectivity index (χ1v) is 7.30. The summed E-state index contributed by atoms with van der Waals surface area (Å²) < 4.78 is 10.7. The summed E-state index contributed by atoms with van der Waals surface area (Å²) in [5, 5.41) is 13.2. The van der Waals surface area contributed by atoms with Crippen LogP contribution in [0.2, 0.25) is 0 Å². The fourth-order valence-electron chi connectivity index (χ4n) is 2.13. The van der Waals surface area contributed by atoms with Crippen LogP contribution in [0.5, 0.6) is 0 Å². The SMILES string of the molecule is CCOCCOCCCC(CC)(CO)NC1CC1. The number of aliphatic hydroxyl groups is 1. The number of rotatable bonds is 12. The van der Waals surface area contributed by atoms with Crippen LogP contribution in [0.15, 0.2) is 0 Å². The summed E-state index contributed by atoms with van der Waals surface area (Å²) >= 11 is 0. The van der Waals surface area contributed by atoms with E-state index in [0.29, 0.717) is 19.3 Å². The fraction of sp³-hybridized carbons (Fsp3) is 1.00. The van der Waals surface area contributed by atoms with Gasteiger partial charge in [0.25, 0.3) is 0 Å². The summed E-state index contributed by atoms with van der Waals surface area (Å²) in [6.45, 7) is 7.19. The van der Waals surface area contributed by atoms with Crippen molar-refractivity contribution in [3.05, 3.63) is 0 Å². The van der Waals surface area contributed by atoms with Crippen molar-refractivity contribution in [1.82, 2.24) is 5.32 Å². The Bertz CT molecular complexity index is 203. The van der Waals surface area contributed by atoms with Gasteiger partial charge in [0, 0.05) is 24.8 Å². The van der Waals surface area contributed by atoms with Gasteiger partial charge in [-0.3, -0.25) is 0 Å². The van der Waals surface area contributed by atoms with Gasteiger partial charge in [-0.25, -0.2) is 0 Å². The van der Waals surface area contributed by atoms with Gasteiger partial charge < -0.3 is 19.9 Å². The topological polar surface area (TPSA) is 50.7 Å². The molecule has 1 aliphatic carbocycles. The minimum absolute atomic E-state index is 0.0928. The average molecular weight is 259 g/mol. The van der Waals surface area contributed by atoms with Crippen LogP contribution < -0.4 is 5.32 Å². The molecule has 4 heteroatoms. The van der Waals surface area contributed by atoms with Crippen LogP contribution in [0.4, 0.5) is 0 Å². The fourth-order valence-corrected chi connectivity index (χ4v) is 2.13. The maximum atomic E-state index is 9.60. The van der Waals surface area contributed by atoms with Gasteiger partial charge in [-0.1, -0.05) is 6.92 Å². The summed E-state index contributed by atoms with van der Waals surface area (Å²) in [6, 6.07) is 0.635. The molecule has 1 unspecified atom stereocenters. The average Bonchev–Trinajstić information content (AvgIpc) is 3.20. The second kappa shape index (κ2) is 8.86. The molecule has 108 valence electrons. The number of hydrogen-bond acceptors (Lipinski definition) is 4. The summed E-state index contributed by atoms with van der Waals surface area (Å²) in [6.07, 6.45) is 5.45. The van der Waals surface area contributed by atoms with E-state index in [-0.39, 0.29) is 12.1 Å². The lowest BCUT2D eigenvalue weighted by molar-refractivity contribution is 0.0461. The van der Waals surface area contributed by atoms with Crippen molar-refractivity contribution >= 4 is 0 Å². The van der Waals surface area contributed by atoms with E-state index >= 15 is 0 Å². The van der Waals surface area contributed by atoms with Gasteiger partial charge in [0.05, 0.1) is 19.8 Å². The summed E-state index contributed by atoms with van der Waals surface area (Å²) in [5.74, 6) is 0. The number of aliphatic hydroxyl groups excluding tert-OH is 1. The molecule has 18 heavy (non-hydrogen) atoms. The van der Waals surface area contributed by atoms with Gasteiger partial charge in [0.15, 0.2) is 0 Å². The molecule has 0 radical (unpaired) electrons. The van der Waals surface area contributed by atoms with E-state index in [9.17, 15) is 5.11 Å². The number of nitrogens with one attached hydrogen (secondary N) is 1. The zero-order valence-electron chi connectivity index (χ0n) is 11.9. The molecule has 1 saturated carbocycles. The van der Waals surface area contributed by atoms with E-state index in [2.05, 4.69) is 12.2 Å². The summed E-state index contributed by atoms with van der Waals surface area (Å²) in [5.41, 5.74) is -0.0928. The molecule has 1 rings (SSSR count). The smallest absolute Gasteiger partial charge is 0.0700 e. The molecule has 4 nitrogen and oxygen atoms in total. The quantitative estimate of drug-likeness (QED) is 0.524. The lowest BCUT2D eigenvalue weighted by Gasteiger charge is -2.32. The van der Waals surface area contributed by atoms with Crippen molar-refractivity contribution < 1.29 is 14.6 Å². The Morgan fingerprint density at radius 2 is 1.89 bits per heavy atom. The summed E-state index contributed by atoms with van der Waals surface area (Å²) in [4.78, 5) is 0. The highest BCUT2D eigenvalue weighted by Gasteiger charge is 2.33. The predicted molar refractivity (Wildman–Crippen MR) is 72.8 cm³/mol. The highest BCUT2D eigenvalue weighted by atomic mass is 16.5. The molecule has 0 aromatic carbocycles. The van der Waals surface area contributed by atoms with Crippen LogP contribution in [0.3, 0.4) is 0 Å². The highest BCUT2D eigenvalue weighted by Crippen LogP contribution is 2.26. The van der Waals surface area contributed by atoms with Crippen molar-refractivity contribution in [2.24, 2.45) is 0 Å². The van der Waals surface area contributed by atoms with Crippen LogP contribution in [-0.2, 0) is 9.47 Å². The molecule has 0 saturated heterocycles. The van der Waals surface area contributed by atoms with Crippen molar-refractivity contribution in [3.63, 3.8) is 0 Å². The molecule has 0 aromatic rings. The maximum absolute atomic E-state index is 9.60. The predicted octanol–water partition coefficient (Wildman–Crippen LogP) is 1.71. The van der Waals surface area contributed by atoms with E-state index < -0.39 is 0 Å². The van der Waals surface area contributed by atoms with Crippen molar-refractivity contribution in [2.75, 3.05) is 33.0 Å². The van der Waals surface area contributed by atoms with E-state index in [0.717, 1.165) is 32.5 Å². The Hall–Kier alpha value is -0.160. The second-order valence-corrected chi connectivity index (χ2v) is 5.12. The zero-order valence-corrected chi connectivity index (χ0v) is 11.9. The van der Waals surface area contributed by atoms with Crippen molar-refractivity contribution in [3.8, 4) is 0 Å². The van der Waals surface area contributed by atoms with Crippen LogP contribution in [-0.4, -0.2) is 49.7 Å². The van der Waals surface area contributed by atoms with Crippen LogP contribution in [0.1, 0.15) is 46.0 Å². The first-order valence-electron chi connectivity index (χ1n) is 7.30. The normalized spacial score (nSPS) is 18.8. The molecule has 0 bridgehead atoms. The molecule has 0 amide bonds. The van der Waals surface area contributed by atoms with Crippen LogP contribution in [0, 0.1) is 0 Å². The first-order chi connectivity index (χ1) is 8.76. The largest absolute Gasteiger partial charge is 0.394 e. The number of hydrogen-bond donors (Lipinski definition) is 2. The van der Waals surface area contributed by atoms with E-state index in [1.54, 1.807) is 0 Å². The van der Waals surface area contributed by atoms with Gasteiger partial charge in [0.1, 0.15) is 0 Å². The molecule has 1 atom stereocenters. The van der Waals surface area contributed by atoms with E-state index in [1.165, 1.54) is 12.8 Å². The molecule has 0 aliphatic heterocycles. The first kappa shape index (κ1) is 15.9. The van der Waals surface area contributed by atoms with Crippen LogP contribution >= 0.6 is 0 Å². The van der Waals surface area contributed by atoms with Gasteiger partial charge in [-0.05, 0) is 39.0 Å². The Morgan fingerprint density at radius 3 is 2.44 bits per heavy atom.